The molecule has 1 fully saturated rings. The molecule has 136 valence electrons. The van der Waals surface area contributed by atoms with E-state index >= 15 is 0 Å². The van der Waals surface area contributed by atoms with E-state index < -0.39 is 0 Å². The summed E-state index contributed by atoms with van der Waals surface area (Å²) in [6.07, 6.45) is 2.44. The van der Waals surface area contributed by atoms with Crippen LogP contribution in [0.25, 0.3) is 0 Å². The van der Waals surface area contributed by atoms with Crippen LogP contribution in [0.3, 0.4) is 0 Å². The van der Waals surface area contributed by atoms with Gasteiger partial charge in [0, 0.05) is 45.5 Å². The highest BCUT2D eigenvalue weighted by molar-refractivity contribution is 9.12. The Bertz CT molecular complexity index is 647. The van der Waals surface area contributed by atoms with Gasteiger partial charge in [-0.2, -0.15) is 0 Å². The smallest absolute Gasteiger partial charge is 0.273 e. The van der Waals surface area contributed by atoms with Gasteiger partial charge in [0.25, 0.3) is 5.91 Å². The molecule has 7 heteroatoms. The van der Waals surface area contributed by atoms with Crippen molar-refractivity contribution in [1.82, 2.24) is 15.1 Å². The third-order valence-corrected chi connectivity index (χ3v) is 4.95. The van der Waals surface area contributed by atoms with Crippen molar-refractivity contribution in [2.24, 2.45) is 0 Å². The Hall–Kier alpha value is -1.73. The first-order chi connectivity index (χ1) is 11.9. The summed E-state index contributed by atoms with van der Waals surface area (Å²) in [5.74, 6) is -0.477. The Balaban J connectivity index is 1.87. The van der Waals surface area contributed by atoms with Crippen molar-refractivity contribution in [1.29, 1.82) is 5.41 Å². The molecule has 1 aromatic carbocycles. The Labute approximate surface area is 156 Å². The molecule has 25 heavy (non-hydrogen) atoms. The summed E-state index contributed by atoms with van der Waals surface area (Å²) in [6.45, 7) is 5.03. The van der Waals surface area contributed by atoms with Crippen LogP contribution in [-0.4, -0.2) is 60.7 Å². The summed E-state index contributed by atoms with van der Waals surface area (Å²) in [5, 5.41) is 10.8. The molecule has 1 aliphatic heterocycles. The van der Waals surface area contributed by atoms with E-state index in [2.05, 4.69) is 26.1 Å². The standard InChI is InChI=1S/C18H24BrFN4O/c1-13-12-23(8-7-14-3-5-15(20)6-4-14)9-10-24(13)18(25)17(21)16(19)11-22-2/h3-6,11,13,21-22H,7-10,12H2,1-2H3/b16-11+,21-17?/t13-/m1/s1. The van der Waals surface area contributed by atoms with Crippen LogP contribution in [0.2, 0.25) is 0 Å². The predicted molar refractivity (Wildman–Crippen MR) is 102 cm³/mol. The molecule has 2 N–H and O–H groups in total. The maximum absolute atomic E-state index is 12.9. The van der Waals surface area contributed by atoms with Crippen LogP contribution in [0.15, 0.2) is 34.9 Å². The predicted octanol–water partition coefficient (Wildman–Crippen LogP) is 2.38. The molecule has 1 aromatic rings. The third kappa shape index (κ3) is 5.37. The van der Waals surface area contributed by atoms with Crippen LogP contribution in [-0.2, 0) is 11.2 Å². The lowest BCUT2D eigenvalue weighted by Crippen LogP contribution is -2.55. The van der Waals surface area contributed by atoms with Crippen LogP contribution in [0.1, 0.15) is 12.5 Å². The van der Waals surface area contributed by atoms with E-state index in [1.54, 1.807) is 18.1 Å². The molecule has 0 aliphatic carbocycles. The number of rotatable bonds is 6. The van der Waals surface area contributed by atoms with Gasteiger partial charge in [-0.25, -0.2) is 4.39 Å². The van der Waals surface area contributed by atoms with Crippen molar-refractivity contribution < 1.29 is 9.18 Å². The topological polar surface area (TPSA) is 59.4 Å². The summed E-state index contributed by atoms with van der Waals surface area (Å²) >= 11 is 3.25. The van der Waals surface area contributed by atoms with Crippen molar-refractivity contribution in [2.75, 3.05) is 33.2 Å². The molecule has 0 spiro atoms. The molecule has 2 rings (SSSR count). The second-order valence-corrected chi connectivity index (χ2v) is 7.03. The number of carbonyl (C=O) groups excluding carboxylic acids is 1. The summed E-state index contributed by atoms with van der Waals surface area (Å²) < 4.78 is 13.4. The van der Waals surface area contributed by atoms with E-state index in [0.29, 0.717) is 11.0 Å². The number of amides is 1. The van der Waals surface area contributed by atoms with Gasteiger partial charge in [-0.15, -0.1) is 0 Å². The summed E-state index contributed by atoms with van der Waals surface area (Å²) in [7, 11) is 1.72. The van der Waals surface area contributed by atoms with E-state index in [0.717, 1.165) is 31.6 Å². The number of hydrogen-bond acceptors (Lipinski definition) is 4. The van der Waals surface area contributed by atoms with Crippen LogP contribution >= 0.6 is 15.9 Å². The fourth-order valence-electron chi connectivity index (χ4n) is 2.92. The first-order valence-corrected chi connectivity index (χ1v) is 9.11. The van der Waals surface area contributed by atoms with Crippen LogP contribution in [0, 0.1) is 11.2 Å². The highest BCUT2D eigenvalue weighted by atomic mass is 79.9. The molecule has 1 atom stereocenters. The summed E-state index contributed by atoms with van der Waals surface area (Å²) in [6, 6.07) is 6.63. The first-order valence-electron chi connectivity index (χ1n) is 8.32. The Morgan fingerprint density at radius 1 is 1.40 bits per heavy atom. The second-order valence-electron chi connectivity index (χ2n) is 6.18. The van der Waals surface area contributed by atoms with E-state index in [9.17, 15) is 9.18 Å². The average Bonchev–Trinajstić information content (AvgIpc) is 2.60. The molecule has 1 heterocycles. The fraction of sp³-hybridized carbons (Fsp3) is 0.444. The Morgan fingerprint density at radius 3 is 2.68 bits per heavy atom. The van der Waals surface area contributed by atoms with Gasteiger partial charge in [0.1, 0.15) is 11.5 Å². The van der Waals surface area contributed by atoms with Gasteiger partial charge in [0.15, 0.2) is 0 Å². The molecule has 5 nitrogen and oxygen atoms in total. The van der Waals surface area contributed by atoms with Crippen molar-refractivity contribution in [2.45, 2.75) is 19.4 Å². The van der Waals surface area contributed by atoms with Gasteiger partial charge in [-0.1, -0.05) is 12.1 Å². The van der Waals surface area contributed by atoms with E-state index in [1.807, 2.05) is 19.1 Å². The number of nitrogens with zero attached hydrogens (tertiary/aromatic N) is 2. The molecule has 0 unspecified atom stereocenters. The average molecular weight is 411 g/mol. The Kier molecular flexibility index (Phi) is 7.13. The van der Waals surface area contributed by atoms with Crippen LogP contribution in [0.4, 0.5) is 4.39 Å². The SMILES string of the molecule is CN/C=C(/Br)C(=N)C(=O)N1CCN(CCc2ccc(F)cc2)C[C@H]1C. The van der Waals surface area contributed by atoms with Gasteiger partial charge in [-0.05, 0) is 47.0 Å². The van der Waals surface area contributed by atoms with E-state index in [4.69, 9.17) is 5.41 Å². The largest absolute Gasteiger partial charge is 0.393 e. The summed E-state index contributed by atoms with van der Waals surface area (Å²) in [4.78, 5) is 16.5. The Morgan fingerprint density at radius 2 is 2.08 bits per heavy atom. The van der Waals surface area contributed by atoms with Crippen LogP contribution < -0.4 is 5.32 Å². The molecule has 1 saturated heterocycles. The molecule has 0 aromatic heterocycles. The van der Waals surface area contributed by atoms with Gasteiger partial charge in [-0.3, -0.25) is 15.1 Å². The minimum atomic E-state index is -0.260. The quantitative estimate of drug-likeness (QED) is 0.707. The van der Waals surface area contributed by atoms with Gasteiger partial charge < -0.3 is 10.2 Å². The van der Waals surface area contributed by atoms with Gasteiger partial charge in [0.2, 0.25) is 0 Å². The first kappa shape index (κ1) is 19.6. The monoisotopic (exact) mass is 410 g/mol. The number of carbonyl (C=O) groups is 1. The molecular weight excluding hydrogens is 387 g/mol. The second kappa shape index (κ2) is 9.10. The lowest BCUT2D eigenvalue weighted by Gasteiger charge is -2.40. The zero-order chi connectivity index (χ0) is 18.4. The maximum Gasteiger partial charge on any atom is 0.273 e. The number of nitrogens with one attached hydrogen (secondary N) is 2. The van der Waals surface area contributed by atoms with Crippen molar-refractivity contribution >= 4 is 27.5 Å². The highest BCUT2D eigenvalue weighted by Gasteiger charge is 2.29. The number of piperazine rings is 1. The normalized spacial score (nSPS) is 19.0. The summed E-state index contributed by atoms with van der Waals surface area (Å²) in [5.41, 5.74) is 1.07. The molecule has 0 bridgehead atoms. The number of hydrogen-bond donors (Lipinski definition) is 2. The number of benzene rings is 1. The van der Waals surface area contributed by atoms with E-state index in [1.165, 1.54) is 12.1 Å². The van der Waals surface area contributed by atoms with Crippen molar-refractivity contribution in [3.63, 3.8) is 0 Å². The molecule has 0 radical (unpaired) electrons. The van der Waals surface area contributed by atoms with Gasteiger partial charge >= 0.3 is 0 Å². The van der Waals surface area contributed by atoms with Crippen LogP contribution in [0.5, 0.6) is 0 Å². The molecule has 1 amide bonds. The minimum Gasteiger partial charge on any atom is -0.393 e. The lowest BCUT2D eigenvalue weighted by molar-refractivity contribution is -0.128. The fourth-order valence-corrected chi connectivity index (χ4v) is 3.32. The zero-order valence-electron chi connectivity index (χ0n) is 14.6. The number of halogens is 2. The molecular formula is C18H24BrFN4O. The third-order valence-electron chi connectivity index (χ3n) is 4.33. The molecule has 0 saturated carbocycles. The highest BCUT2D eigenvalue weighted by Crippen LogP contribution is 2.15. The minimum absolute atomic E-state index is 0.0408. The maximum atomic E-state index is 12.9. The molecule has 1 aliphatic rings. The van der Waals surface area contributed by atoms with Gasteiger partial charge in [0.05, 0.1) is 4.48 Å². The zero-order valence-corrected chi connectivity index (χ0v) is 16.1. The van der Waals surface area contributed by atoms with E-state index in [-0.39, 0.29) is 23.5 Å². The van der Waals surface area contributed by atoms with Crippen molar-refractivity contribution in [3.05, 3.63) is 46.3 Å². The lowest BCUT2D eigenvalue weighted by atomic mass is 10.1. The van der Waals surface area contributed by atoms with Crippen molar-refractivity contribution in [3.8, 4) is 0 Å².